The standard InChI is InChI=1S/C12H24N2O2/c1-3-4-9-16-12(15)14(2)10-11-5-7-13-8-6-11/h11,13H,3-10H2,1-2H3. The van der Waals surface area contributed by atoms with E-state index in [0.29, 0.717) is 12.5 Å². The molecule has 0 saturated carbocycles. The van der Waals surface area contributed by atoms with Gasteiger partial charge in [0, 0.05) is 13.6 Å². The number of rotatable bonds is 5. The van der Waals surface area contributed by atoms with Crippen LogP contribution in [0.5, 0.6) is 0 Å². The number of nitrogens with zero attached hydrogens (tertiary/aromatic N) is 1. The maximum Gasteiger partial charge on any atom is 0.409 e. The molecule has 1 amide bonds. The quantitative estimate of drug-likeness (QED) is 0.730. The minimum atomic E-state index is -0.174. The van der Waals surface area contributed by atoms with Crippen LogP contribution in [0.25, 0.3) is 0 Å². The van der Waals surface area contributed by atoms with Gasteiger partial charge in [-0.2, -0.15) is 0 Å². The smallest absolute Gasteiger partial charge is 0.409 e. The van der Waals surface area contributed by atoms with Crippen molar-refractivity contribution in [3.8, 4) is 0 Å². The van der Waals surface area contributed by atoms with Gasteiger partial charge < -0.3 is 15.0 Å². The van der Waals surface area contributed by atoms with E-state index in [4.69, 9.17) is 4.74 Å². The van der Waals surface area contributed by atoms with Crippen LogP contribution in [0.4, 0.5) is 4.79 Å². The van der Waals surface area contributed by atoms with Crippen molar-refractivity contribution in [2.45, 2.75) is 32.6 Å². The zero-order valence-corrected chi connectivity index (χ0v) is 10.5. The molecular formula is C12H24N2O2. The van der Waals surface area contributed by atoms with Crippen molar-refractivity contribution in [3.05, 3.63) is 0 Å². The van der Waals surface area contributed by atoms with E-state index in [-0.39, 0.29) is 6.09 Å². The molecule has 1 aliphatic rings. The highest BCUT2D eigenvalue weighted by Gasteiger charge is 2.18. The zero-order chi connectivity index (χ0) is 11.8. The van der Waals surface area contributed by atoms with Crippen molar-refractivity contribution in [2.24, 2.45) is 5.92 Å². The van der Waals surface area contributed by atoms with Crippen LogP contribution in [-0.4, -0.2) is 44.3 Å². The van der Waals surface area contributed by atoms with Gasteiger partial charge in [-0.05, 0) is 38.3 Å². The summed E-state index contributed by atoms with van der Waals surface area (Å²) in [4.78, 5) is 13.3. The molecule has 0 spiro atoms. The van der Waals surface area contributed by atoms with Gasteiger partial charge in [-0.15, -0.1) is 0 Å². The van der Waals surface area contributed by atoms with Crippen molar-refractivity contribution in [1.82, 2.24) is 10.2 Å². The van der Waals surface area contributed by atoms with Gasteiger partial charge in [0.05, 0.1) is 6.61 Å². The Kier molecular flexibility index (Phi) is 6.23. The predicted molar refractivity (Wildman–Crippen MR) is 64.5 cm³/mol. The first-order valence-electron chi connectivity index (χ1n) is 6.32. The maximum absolute atomic E-state index is 11.6. The number of carbonyl (C=O) groups is 1. The fraction of sp³-hybridized carbons (Fsp3) is 0.917. The Morgan fingerprint density at radius 1 is 1.44 bits per heavy atom. The molecule has 0 unspecified atom stereocenters. The molecule has 1 N–H and O–H groups in total. The van der Waals surface area contributed by atoms with Crippen LogP contribution < -0.4 is 5.32 Å². The normalized spacial score (nSPS) is 17.1. The monoisotopic (exact) mass is 228 g/mol. The molecule has 1 fully saturated rings. The fourth-order valence-corrected chi connectivity index (χ4v) is 1.94. The van der Waals surface area contributed by atoms with E-state index in [2.05, 4.69) is 12.2 Å². The Morgan fingerprint density at radius 3 is 2.75 bits per heavy atom. The molecule has 16 heavy (non-hydrogen) atoms. The Bertz CT molecular complexity index is 203. The van der Waals surface area contributed by atoms with Gasteiger partial charge in [-0.3, -0.25) is 0 Å². The van der Waals surface area contributed by atoms with Gasteiger partial charge in [-0.25, -0.2) is 4.79 Å². The van der Waals surface area contributed by atoms with Crippen LogP contribution >= 0.6 is 0 Å². The Balaban J connectivity index is 2.16. The molecule has 1 rings (SSSR count). The van der Waals surface area contributed by atoms with Gasteiger partial charge in [0.25, 0.3) is 0 Å². The number of unbranched alkanes of at least 4 members (excludes halogenated alkanes) is 1. The van der Waals surface area contributed by atoms with E-state index in [1.54, 1.807) is 4.90 Å². The van der Waals surface area contributed by atoms with E-state index in [0.717, 1.165) is 45.3 Å². The highest BCUT2D eigenvalue weighted by Crippen LogP contribution is 2.13. The molecule has 0 radical (unpaired) electrons. The number of nitrogens with one attached hydrogen (secondary N) is 1. The van der Waals surface area contributed by atoms with Crippen LogP contribution in [-0.2, 0) is 4.74 Å². The third-order valence-corrected chi connectivity index (χ3v) is 3.03. The molecule has 94 valence electrons. The van der Waals surface area contributed by atoms with Crippen LogP contribution in [0.1, 0.15) is 32.6 Å². The summed E-state index contributed by atoms with van der Waals surface area (Å²) in [6, 6.07) is 0. The van der Waals surface area contributed by atoms with Crippen molar-refractivity contribution in [3.63, 3.8) is 0 Å². The first-order chi connectivity index (χ1) is 7.74. The third-order valence-electron chi connectivity index (χ3n) is 3.03. The second-order valence-corrected chi connectivity index (χ2v) is 4.54. The van der Waals surface area contributed by atoms with E-state index in [1.807, 2.05) is 7.05 Å². The molecule has 0 aromatic rings. The van der Waals surface area contributed by atoms with Crippen LogP contribution in [0, 0.1) is 5.92 Å². The summed E-state index contributed by atoms with van der Waals surface area (Å²) < 4.78 is 5.16. The van der Waals surface area contributed by atoms with Gasteiger partial charge >= 0.3 is 6.09 Å². The number of piperidine rings is 1. The molecule has 1 heterocycles. The van der Waals surface area contributed by atoms with Gasteiger partial charge in [0.1, 0.15) is 0 Å². The van der Waals surface area contributed by atoms with E-state index >= 15 is 0 Å². The molecule has 4 nitrogen and oxygen atoms in total. The SMILES string of the molecule is CCCCOC(=O)N(C)CC1CCNCC1. The van der Waals surface area contributed by atoms with Crippen LogP contribution in [0.3, 0.4) is 0 Å². The lowest BCUT2D eigenvalue weighted by molar-refractivity contribution is 0.102. The van der Waals surface area contributed by atoms with Gasteiger partial charge in [0.2, 0.25) is 0 Å². The second-order valence-electron chi connectivity index (χ2n) is 4.54. The van der Waals surface area contributed by atoms with E-state index in [1.165, 1.54) is 0 Å². The Morgan fingerprint density at radius 2 is 2.12 bits per heavy atom. The Labute approximate surface area is 98.3 Å². The van der Waals surface area contributed by atoms with E-state index in [9.17, 15) is 4.79 Å². The van der Waals surface area contributed by atoms with Crippen molar-refractivity contribution >= 4 is 6.09 Å². The molecule has 0 atom stereocenters. The summed E-state index contributed by atoms with van der Waals surface area (Å²) in [6.45, 7) is 5.61. The topological polar surface area (TPSA) is 41.6 Å². The number of hydrogen-bond acceptors (Lipinski definition) is 3. The molecule has 1 saturated heterocycles. The molecule has 4 heteroatoms. The van der Waals surface area contributed by atoms with Crippen molar-refractivity contribution in [1.29, 1.82) is 0 Å². The number of amides is 1. The summed E-state index contributed by atoms with van der Waals surface area (Å²) in [5, 5.41) is 3.32. The van der Waals surface area contributed by atoms with Crippen molar-refractivity contribution < 1.29 is 9.53 Å². The van der Waals surface area contributed by atoms with Gasteiger partial charge in [0.15, 0.2) is 0 Å². The minimum Gasteiger partial charge on any atom is -0.449 e. The first-order valence-corrected chi connectivity index (χ1v) is 6.32. The largest absolute Gasteiger partial charge is 0.449 e. The third kappa shape index (κ3) is 4.84. The first kappa shape index (κ1) is 13.3. The lowest BCUT2D eigenvalue weighted by Gasteiger charge is -2.27. The maximum atomic E-state index is 11.6. The summed E-state index contributed by atoms with van der Waals surface area (Å²) in [5.41, 5.74) is 0. The van der Waals surface area contributed by atoms with Crippen molar-refractivity contribution in [2.75, 3.05) is 33.3 Å². The van der Waals surface area contributed by atoms with Gasteiger partial charge in [-0.1, -0.05) is 13.3 Å². The highest BCUT2D eigenvalue weighted by molar-refractivity contribution is 5.67. The highest BCUT2D eigenvalue weighted by atomic mass is 16.6. The summed E-state index contributed by atoms with van der Waals surface area (Å²) in [6.07, 6.45) is 4.16. The summed E-state index contributed by atoms with van der Waals surface area (Å²) in [5.74, 6) is 0.630. The molecule has 0 aromatic carbocycles. The fourth-order valence-electron chi connectivity index (χ4n) is 1.94. The molecule has 0 aromatic heterocycles. The predicted octanol–water partition coefficient (Wildman–Crippen LogP) is 1.85. The number of hydrogen-bond donors (Lipinski definition) is 1. The average molecular weight is 228 g/mol. The lowest BCUT2D eigenvalue weighted by Crippen LogP contribution is -2.37. The molecule has 1 aliphatic heterocycles. The molecule has 0 bridgehead atoms. The zero-order valence-electron chi connectivity index (χ0n) is 10.5. The molecular weight excluding hydrogens is 204 g/mol. The minimum absolute atomic E-state index is 0.174. The Hall–Kier alpha value is -0.770. The van der Waals surface area contributed by atoms with Crippen LogP contribution in [0.2, 0.25) is 0 Å². The lowest BCUT2D eigenvalue weighted by atomic mass is 9.98. The second kappa shape index (κ2) is 7.49. The molecule has 0 aliphatic carbocycles. The van der Waals surface area contributed by atoms with E-state index < -0.39 is 0 Å². The summed E-state index contributed by atoms with van der Waals surface area (Å²) in [7, 11) is 1.83. The average Bonchev–Trinajstić information content (AvgIpc) is 2.30. The number of ether oxygens (including phenoxy) is 1. The summed E-state index contributed by atoms with van der Waals surface area (Å²) >= 11 is 0. The number of carbonyl (C=O) groups excluding carboxylic acids is 1. The van der Waals surface area contributed by atoms with Crippen LogP contribution in [0.15, 0.2) is 0 Å².